The highest BCUT2D eigenvalue weighted by molar-refractivity contribution is 5.88. The van der Waals surface area contributed by atoms with Crippen LogP contribution in [0.2, 0.25) is 0 Å². The number of hydrogen-bond acceptors (Lipinski definition) is 5. The highest BCUT2D eigenvalue weighted by atomic mass is 16.5. The van der Waals surface area contributed by atoms with Gasteiger partial charge in [0.1, 0.15) is 0 Å². The van der Waals surface area contributed by atoms with Crippen molar-refractivity contribution in [2.75, 3.05) is 20.3 Å². The van der Waals surface area contributed by atoms with Gasteiger partial charge in [-0.25, -0.2) is 4.79 Å². The van der Waals surface area contributed by atoms with Crippen LogP contribution in [0.3, 0.4) is 0 Å². The molecule has 100 valence electrons. The predicted molar refractivity (Wildman–Crippen MR) is 68.4 cm³/mol. The van der Waals surface area contributed by atoms with Crippen molar-refractivity contribution in [3.05, 3.63) is 29.6 Å². The minimum atomic E-state index is -0.369. The van der Waals surface area contributed by atoms with Gasteiger partial charge in [0.05, 0.1) is 24.5 Å². The van der Waals surface area contributed by atoms with E-state index in [1.165, 1.54) is 13.3 Å². The largest absolute Gasteiger partial charge is 0.465 e. The van der Waals surface area contributed by atoms with E-state index in [-0.39, 0.29) is 12.1 Å². The molecule has 1 aromatic rings. The van der Waals surface area contributed by atoms with Crippen molar-refractivity contribution in [1.29, 1.82) is 0 Å². The number of hydrogen-bond donors (Lipinski definition) is 1. The van der Waals surface area contributed by atoms with Gasteiger partial charge in [-0.15, -0.1) is 0 Å². The lowest BCUT2D eigenvalue weighted by molar-refractivity contribution is 0.0600. The van der Waals surface area contributed by atoms with Crippen molar-refractivity contribution >= 4 is 5.97 Å². The highest BCUT2D eigenvalue weighted by Crippen LogP contribution is 2.02. The molecule has 5 heteroatoms. The van der Waals surface area contributed by atoms with E-state index in [9.17, 15) is 4.79 Å². The Balaban J connectivity index is 2.37. The quantitative estimate of drug-likeness (QED) is 0.743. The first kappa shape index (κ1) is 14.6. The van der Waals surface area contributed by atoms with Crippen molar-refractivity contribution in [2.45, 2.75) is 26.5 Å². The highest BCUT2D eigenvalue weighted by Gasteiger charge is 2.05. The van der Waals surface area contributed by atoms with Gasteiger partial charge in [-0.2, -0.15) is 0 Å². The number of carbonyl (C=O) groups excluding carboxylic acids is 1. The van der Waals surface area contributed by atoms with Gasteiger partial charge in [-0.05, 0) is 26.0 Å². The van der Waals surface area contributed by atoms with E-state index in [1.807, 2.05) is 19.9 Å². The molecule has 0 saturated heterocycles. The molecule has 1 atom stereocenters. The summed E-state index contributed by atoms with van der Waals surface area (Å²) in [5.41, 5.74) is 1.34. The Labute approximate surface area is 108 Å². The van der Waals surface area contributed by atoms with Crippen LogP contribution in [-0.4, -0.2) is 37.3 Å². The molecule has 0 saturated carbocycles. The van der Waals surface area contributed by atoms with Crippen LogP contribution in [0.25, 0.3) is 0 Å². The first-order valence-corrected chi connectivity index (χ1v) is 6.03. The van der Waals surface area contributed by atoms with Crippen molar-refractivity contribution in [3.8, 4) is 0 Å². The van der Waals surface area contributed by atoms with Gasteiger partial charge in [0.15, 0.2) is 0 Å². The number of nitrogens with one attached hydrogen (secondary N) is 1. The molecule has 0 aliphatic carbocycles. The minimum absolute atomic E-state index is 0.185. The zero-order valence-corrected chi connectivity index (χ0v) is 11.1. The third-order valence-electron chi connectivity index (χ3n) is 2.43. The number of rotatable bonds is 7. The number of nitrogens with zero attached hydrogens (tertiary/aromatic N) is 1. The number of carbonyl (C=O) groups is 1. The van der Waals surface area contributed by atoms with Gasteiger partial charge in [-0.3, -0.25) is 4.98 Å². The molecule has 0 aromatic carbocycles. The Bertz CT molecular complexity index is 365. The summed E-state index contributed by atoms with van der Waals surface area (Å²) in [6.07, 6.45) is 1.71. The lowest BCUT2D eigenvalue weighted by atomic mass is 10.2. The Kier molecular flexibility index (Phi) is 6.32. The molecule has 1 aromatic heterocycles. The number of esters is 1. The summed E-state index contributed by atoms with van der Waals surface area (Å²) in [6.45, 7) is 6.13. The molecular formula is C13H20N2O3. The predicted octanol–water partition coefficient (Wildman–Crippen LogP) is 1.38. The average Bonchev–Trinajstić information content (AvgIpc) is 2.39. The Morgan fingerprint density at radius 3 is 2.83 bits per heavy atom. The van der Waals surface area contributed by atoms with Crippen LogP contribution < -0.4 is 5.32 Å². The maximum Gasteiger partial charge on any atom is 0.339 e. The zero-order chi connectivity index (χ0) is 13.4. The fourth-order valence-corrected chi connectivity index (χ4v) is 1.51. The molecule has 1 N–H and O–H groups in total. The number of aromatic nitrogens is 1. The molecule has 0 radical (unpaired) electrons. The van der Waals surface area contributed by atoms with E-state index in [0.29, 0.717) is 12.1 Å². The third kappa shape index (κ3) is 4.81. The second kappa shape index (κ2) is 7.79. The van der Waals surface area contributed by atoms with E-state index >= 15 is 0 Å². The fraction of sp³-hybridized carbons (Fsp3) is 0.538. The zero-order valence-electron chi connectivity index (χ0n) is 11.1. The van der Waals surface area contributed by atoms with Crippen molar-refractivity contribution in [3.63, 3.8) is 0 Å². The van der Waals surface area contributed by atoms with Crippen LogP contribution in [0.1, 0.15) is 29.9 Å². The van der Waals surface area contributed by atoms with Gasteiger partial charge >= 0.3 is 5.97 Å². The molecule has 1 unspecified atom stereocenters. The number of methoxy groups -OCH3 is 1. The smallest absolute Gasteiger partial charge is 0.339 e. The molecule has 0 aliphatic heterocycles. The Hall–Kier alpha value is -1.46. The van der Waals surface area contributed by atoms with E-state index in [0.717, 1.165) is 18.8 Å². The molecule has 1 heterocycles. The maximum atomic E-state index is 11.2. The van der Waals surface area contributed by atoms with Gasteiger partial charge in [0.2, 0.25) is 0 Å². The summed E-state index contributed by atoms with van der Waals surface area (Å²) in [5.74, 6) is -0.369. The topological polar surface area (TPSA) is 60.5 Å². The Morgan fingerprint density at radius 1 is 1.50 bits per heavy atom. The second-order valence-corrected chi connectivity index (χ2v) is 3.93. The van der Waals surface area contributed by atoms with Crippen LogP contribution in [0.15, 0.2) is 18.3 Å². The normalized spacial score (nSPS) is 12.2. The van der Waals surface area contributed by atoms with E-state index in [1.54, 1.807) is 6.07 Å². The average molecular weight is 252 g/mol. The molecular weight excluding hydrogens is 232 g/mol. The molecule has 0 aliphatic rings. The summed E-state index contributed by atoms with van der Waals surface area (Å²) < 4.78 is 10.0. The van der Waals surface area contributed by atoms with Crippen molar-refractivity contribution < 1.29 is 14.3 Å². The summed E-state index contributed by atoms with van der Waals surface area (Å²) >= 11 is 0. The van der Waals surface area contributed by atoms with Gasteiger partial charge in [0, 0.05) is 25.9 Å². The van der Waals surface area contributed by atoms with Gasteiger partial charge < -0.3 is 14.8 Å². The second-order valence-electron chi connectivity index (χ2n) is 3.93. The fourth-order valence-electron chi connectivity index (χ4n) is 1.51. The van der Waals surface area contributed by atoms with Gasteiger partial charge in [0.25, 0.3) is 0 Å². The van der Waals surface area contributed by atoms with Crippen LogP contribution >= 0.6 is 0 Å². The molecule has 5 nitrogen and oxygen atoms in total. The monoisotopic (exact) mass is 252 g/mol. The van der Waals surface area contributed by atoms with Crippen LogP contribution in [-0.2, 0) is 16.0 Å². The van der Waals surface area contributed by atoms with E-state index in [4.69, 9.17) is 4.74 Å². The summed E-state index contributed by atoms with van der Waals surface area (Å²) in [6, 6.07) is 3.52. The minimum Gasteiger partial charge on any atom is -0.465 e. The van der Waals surface area contributed by atoms with Gasteiger partial charge in [-0.1, -0.05) is 0 Å². The van der Waals surface area contributed by atoms with Crippen LogP contribution in [0, 0.1) is 0 Å². The number of ether oxygens (including phenoxy) is 2. The standard InChI is InChI=1S/C13H20N2O3/c1-4-18-10(2)7-14-9-12-6-5-11(8-15-12)13(16)17-3/h5-6,8,10,14H,4,7,9H2,1-3H3. The summed E-state index contributed by atoms with van der Waals surface area (Å²) in [4.78, 5) is 15.4. The van der Waals surface area contributed by atoms with Crippen LogP contribution in [0.4, 0.5) is 0 Å². The molecule has 1 rings (SSSR count). The summed E-state index contributed by atoms with van der Waals surface area (Å²) in [7, 11) is 1.35. The van der Waals surface area contributed by atoms with Crippen LogP contribution in [0.5, 0.6) is 0 Å². The molecule has 0 amide bonds. The SMILES string of the molecule is CCOC(C)CNCc1ccc(C(=O)OC)cn1. The first-order chi connectivity index (χ1) is 8.67. The number of pyridine rings is 1. The molecule has 0 spiro atoms. The Morgan fingerprint density at radius 2 is 2.28 bits per heavy atom. The lowest BCUT2D eigenvalue weighted by Gasteiger charge is -2.12. The van der Waals surface area contributed by atoms with Crippen molar-refractivity contribution in [1.82, 2.24) is 10.3 Å². The van der Waals surface area contributed by atoms with E-state index < -0.39 is 0 Å². The molecule has 0 fully saturated rings. The maximum absolute atomic E-state index is 11.2. The third-order valence-corrected chi connectivity index (χ3v) is 2.43. The summed E-state index contributed by atoms with van der Waals surface area (Å²) in [5, 5.41) is 3.25. The van der Waals surface area contributed by atoms with E-state index in [2.05, 4.69) is 15.0 Å². The molecule has 18 heavy (non-hydrogen) atoms. The lowest BCUT2D eigenvalue weighted by Crippen LogP contribution is -2.26. The van der Waals surface area contributed by atoms with Crippen molar-refractivity contribution in [2.24, 2.45) is 0 Å². The molecule has 0 bridgehead atoms. The first-order valence-electron chi connectivity index (χ1n) is 6.03.